The van der Waals surface area contributed by atoms with Gasteiger partial charge in [-0.25, -0.2) is 8.78 Å². The quantitative estimate of drug-likeness (QED) is 0.121. The SMILES string of the molecule is C[C@@H](NC(=O)[C@@H]1C[C@@H](OC(F)F)CN1C(=O)CNC(=O)c1ccc(Oc2ccc(C(F)F)cc2)cc1)c1cc(C(=N)N)cs1.Cl. The summed E-state index contributed by atoms with van der Waals surface area (Å²) < 4.78 is 61.5. The Balaban J connectivity index is 0.00000552. The van der Waals surface area contributed by atoms with Gasteiger partial charge in [0.2, 0.25) is 11.8 Å². The van der Waals surface area contributed by atoms with Crippen molar-refractivity contribution in [3.05, 3.63) is 81.5 Å². The molecule has 0 radical (unpaired) electrons. The molecule has 2 aromatic carbocycles. The van der Waals surface area contributed by atoms with Crippen molar-refractivity contribution in [1.29, 1.82) is 5.41 Å². The maximum absolute atomic E-state index is 13.1. The fourth-order valence-corrected chi connectivity index (χ4v) is 5.43. The summed E-state index contributed by atoms with van der Waals surface area (Å²) in [6, 6.07) is 11.1. The van der Waals surface area contributed by atoms with Gasteiger partial charge in [-0.3, -0.25) is 19.8 Å². The van der Waals surface area contributed by atoms with Crippen LogP contribution in [0.5, 0.6) is 11.5 Å². The Morgan fingerprint density at radius 2 is 1.67 bits per heavy atom. The van der Waals surface area contributed by atoms with Gasteiger partial charge in [-0.1, -0.05) is 0 Å². The first-order valence-electron chi connectivity index (χ1n) is 13.3. The number of alkyl halides is 4. The number of carbonyl (C=O) groups is 3. The van der Waals surface area contributed by atoms with E-state index in [-0.39, 0.29) is 42.3 Å². The second-order valence-electron chi connectivity index (χ2n) is 9.88. The van der Waals surface area contributed by atoms with Crippen LogP contribution in [0, 0.1) is 5.41 Å². The van der Waals surface area contributed by atoms with E-state index in [0.29, 0.717) is 21.9 Å². The van der Waals surface area contributed by atoms with Crippen LogP contribution >= 0.6 is 23.7 Å². The lowest BCUT2D eigenvalue weighted by Gasteiger charge is -2.25. The molecule has 3 atom stereocenters. The summed E-state index contributed by atoms with van der Waals surface area (Å²) >= 11 is 1.28. The van der Waals surface area contributed by atoms with E-state index in [0.717, 1.165) is 4.90 Å². The Bertz CT molecular complexity index is 1490. The number of benzene rings is 2. The van der Waals surface area contributed by atoms with Crippen LogP contribution in [0.2, 0.25) is 0 Å². The summed E-state index contributed by atoms with van der Waals surface area (Å²) in [7, 11) is 0. The molecule has 45 heavy (non-hydrogen) atoms. The molecule has 242 valence electrons. The summed E-state index contributed by atoms with van der Waals surface area (Å²) in [6.07, 6.45) is -3.86. The Morgan fingerprint density at radius 1 is 1.04 bits per heavy atom. The third kappa shape index (κ3) is 9.39. The Hall–Kier alpha value is -4.21. The molecule has 2 heterocycles. The zero-order valence-corrected chi connectivity index (χ0v) is 25.3. The molecule has 1 fully saturated rings. The number of nitrogen functional groups attached to an aromatic ring is 1. The number of nitrogens with one attached hydrogen (secondary N) is 3. The van der Waals surface area contributed by atoms with E-state index in [1.54, 1.807) is 18.4 Å². The smallest absolute Gasteiger partial charge is 0.345 e. The van der Waals surface area contributed by atoms with Gasteiger partial charge in [0, 0.05) is 39.9 Å². The number of halogens is 5. The average molecular weight is 672 g/mol. The maximum atomic E-state index is 13.1. The van der Waals surface area contributed by atoms with Gasteiger partial charge in [0.1, 0.15) is 23.4 Å². The fraction of sp³-hybridized carbons (Fsp3) is 0.310. The van der Waals surface area contributed by atoms with Crippen LogP contribution in [0.4, 0.5) is 17.6 Å². The third-order valence-corrected chi connectivity index (χ3v) is 7.90. The maximum Gasteiger partial charge on any atom is 0.345 e. The monoisotopic (exact) mass is 671 g/mol. The number of nitrogens with two attached hydrogens (primary N) is 1. The van der Waals surface area contributed by atoms with Crippen LogP contribution in [0.15, 0.2) is 60.0 Å². The highest BCUT2D eigenvalue weighted by atomic mass is 35.5. The van der Waals surface area contributed by atoms with E-state index in [9.17, 15) is 31.9 Å². The van der Waals surface area contributed by atoms with Crippen molar-refractivity contribution in [2.45, 2.75) is 44.6 Å². The molecule has 1 aliphatic heterocycles. The zero-order valence-electron chi connectivity index (χ0n) is 23.7. The Labute approximate surface area is 265 Å². The van der Waals surface area contributed by atoms with E-state index in [4.69, 9.17) is 15.9 Å². The Morgan fingerprint density at radius 3 is 2.22 bits per heavy atom. The molecular formula is C29H30ClF4N5O5S. The van der Waals surface area contributed by atoms with Gasteiger partial charge in [0.05, 0.1) is 18.7 Å². The topological polar surface area (TPSA) is 147 Å². The lowest BCUT2D eigenvalue weighted by Crippen LogP contribution is -2.49. The van der Waals surface area contributed by atoms with E-state index in [2.05, 4.69) is 15.4 Å². The van der Waals surface area contributed by atoms with Gasteiger partial charge in [-0.2, -0.15) is 8.78 Å². The summed E-state index contributed by atoms with van der Waals surface area (Å²) in [5.41, 5.74) is 6.03. The van der Waals surface area contributed by atoms with E-state index in [1.165, 1.54) is 59.9 Å². The van der Waals surface area contributed by atoms with Crippen LogP contribution in [0.1, 0.15) is 52.2 Å². The van der Waals surface area contributed by atoms with Crippen molar-refractivity contribution >= 4 is 47.3 Å². The predicted octanol–water partition coefficient (Wildman–Crippen LogP) is 5.00. The molecule has 0 unspecified atom stereocenters. The molecule has 1 aromatic heterocycles. The van der Waals surface area contributed by atoms with Crippen LogP contribution in [0.25, 0.3) is 0 Å². The first-order chi connectivity index (χ1) is 20.9. The minimum atomic E-state index is -3.10. The number of amides is 3. The first-order valence-corrected chi connectivity index (χ1v) is 14.2. The van der Waals surface area contributed by atoms with Crippen molar-refractivity contribution in [2.75, 3.05) is 13.1 Å². The second kappa shape index (κ2) is 15.7. The predicted molar refractivity (Wildman–Crippen MR) is 160 cm³/mol. The van der Waals surface area contributed by atoms with Crippen molar-refractivity contribution < 1.29 is 41.4 Å². The molecule has 4 rings (SSSR count). The number of thiophene rings is 1. The minimum Gasteiger partial charge on any atom is -0.457 e. The van der Waals surface area contributed by atoms with Crippen molar-refractivity contribution in [3.8, 4) is 11.5 Å². The number of likely N-dealkylation sites (tertiary alicyclic amines) is 1. The molecule has 3 aromatic rings. The molecule has 3 amide bonds. The standard InChI is InChI=1S/C29H29F4N5O5S.ClH/c1-15(23-10-18(14-44-23)26(34)35)37-28(41)22-11-21(43-29(32)33)13-38(22)24(39)12-36-27(40)17-4-8-20(9-5-17)42-19-6-2-16(3-7-19)25(30)31;/h2-10,14-15,21-22,25,29H,11-13H2,1H3,(H3,34,35)(H,36,40)(H,37,41);1H/t15-,21-,22+;/m1./s1. The van der Waals surface area contributed by atoms with E-state index < -0.39 is 55.5 Å². The molecule has 10 nitrogen and oxygen atoms in total. The number of nitrogens with zero attached hydrogens (tertiary/aromatic N) is 1. The lowest BCUT2D eigenvalue weighted by atomic mass is 10.1. The third-order valence-electron chi connectivity index (χ3n) is 6.78. The molecular weight excluding hydrogens is 642 g/mol. The average Bonchev–Trinajstić information content (AvgIpc) is 3.64. The Kier molecular flexibility index (Phi) is 12.3. The van der Waals surface area contributed by atoms with Gasteiger partial charge in [-0.05, 0) is 61.5 Å². The van der Waals surface area contributed by atoms with E-state index in [1.807, 2.05) is 0 Å². The summed E-state index contributed by atoms with van der Waals surface area (Å²) in [4.78, 5) is 40.7. The first kappa shape index (κ1) is 35.3. The number of hydrogen-bond donors (Lipinski definition) is 4. The van der Waals surface area contributed by atoms with Crippen LogP contribution in [-0.4, -0.2) is 60.3 Å². The van der Waals surface area contributed by atoms with Gasteiger partial charge in [0.15, 0.2) is 0 Å². The number of rotatable bonds is 12. The number of hydrogen-bond acceptors (Lipinski definition) is 7. The highest BCUT2D eigenvalue weighted by molar-refractivity contribution is 7.10. The fourth-order valence-electron chi connectivity index (χ4n) is 4.52. The number of carbonyl (C=O) groups excluding carboxylic acids is 3. The van der Waals surface area contributed by atoms with Gasteiger partial charge < -0.3 is 30.7 Å². The molecule has 1 aliphatic rings. The number of amidine groups is 1. The highest BCUT2D eigenvalue weighted by Crippen LogP contribution is 2.27. The zero-order chi connectivity index (χ0) is 32.0. The largest absolute Gasteiger partial charge is 0.457 e. The second-order valence-corrected chi connectivity index (χ2v) is 10.8. The number of ether oxygens (including phenoxy) is 2. The van der Waals surface area contributed by atoms with Crippen molar-refractivity contribution in [2.24, 2.45) is 5.73 Å². The minimum absolute atomic E-state index is 0. The molecule has 0 aliphatic carbocycles. The van der Waals surface area contributed by atoms with Gasteiger partial charge >= 0.3 is 6.61 Å². The van der Waals surface area contributed by atoms with Crippen LogP contribution in [0.3, 0.4) is 0 Å². The summed E-state index contributed by atoms with van der Waals surface area (Å²) in [5, 5.41) is 14.4. The summed E-state index contributed by atoms with van der Waals surface area (Å²) in [5.74, 6) is -1.34. The van der Waals surface area contributed by atoms with Crippen molar-refractivity contribution in [3.63, 3.8) is 0 Å². The molecule has 0 bridgehead atoms. The normalized spacial score (nSPS) is 16.6. The van der Waals surface area contributed by atoms with E-state index >= 15 is 0 Å². The summed E-state index contributed by atoms with van der Waals surface area (Å²) in [6.45, 7) is -2.19. The molecule has 5 N–H and O–H groups in total. The molecule has 0 spiro atoms. The van der Waals surface area contributed by atoms with Crippen LogP contribution < -0.4 is 21.1 Å². The van der Waals surface area contributed by atoms with Gasteiger partial charge in [0.25, 0.3) is 12.3 Å². The molecule has 1 saturated heterocycles. The van der Waals surface area contributed by atoms with Crippen LogP contribution in [-0.2, 0) is 14.3 Å². The molecule has 0 saturated carbocycles. The highest BCUT2D eigenvalue weighted by Gasteiger charge is 2.41. The van der Waals surface area contributed by atoms with Crippen molar-refractivity contribution in [1.82, 2.24) is 15.5 Å². The molecule has 16 heteroatoms. The van der Waals surface area contributed by atoms with Gasteiger partial charge in [-0.15, -0.1) is 23.7 Å². The lowest BCUT2D eigenvalue weighted by molar-refractivity contribution is -0.160.